The molecule has 20 nitrogen and oxygen atoms in total. The molecule has 2 aliphatic heterocycles. The highest BCUT2D eigenvalue weighted by molar-refractivity contribution is 7.87. The Morgan fingerprint density at radius 2 is 0.806 bits per heavy atom. The van der Waals surface area contributed by atoms with Crippen molar-refractivity contribution in [2.45, 2.75) is 22.1 Å². The first-order chi connectivity index (χ1) is 33.8. The molecular formula is C44H20F6N4O16S2. The van der Waals surface area contributed by atoms with Crippen molar-refractivity contribution in [2.75, 3.05) is 0 Å². The zero-order valence-corrected chi connectivity index (χ0v) is 36.6. The monoisotopic (exact) mass is 1040 g/mol. The molecule has 2 aliphatic rings. The Labute approximate surface area is 396 Å². The highest BCUT2D eigenvalue weighted by Crippen LogP contribution is 2.43. The van der Waals surface area contributed by atoms with Gasteiger partial charge in [-0.05, 0) is 72.8 Å². The number of nitrogens with zero attached hydrogens (tertiary/aromatic N) is 4. The number of hydrogen-bond acceptors (Lipinski definition) is 16. The van der Waals surface area contributed by atoms with Crippen LogP contribution in [-0.2, 0) is 41.2 Å². The number of hydrogen-bond donors (Lipinski definition) is 0. The minimum absolute atomic E-state index is 0.0241. The fourth-order valence-electron chi connectivity index (χ4n) is 7.64. The van der Waals surface area contributed by atoms with Gasteiger partial charge in [-0.15, -0.1) is 18.7 Å². The topological polar surface area (TPSA) is 266 Å². The number of rotatable bonds is 12. The van der Waals surface area contributed by atoms with Crippen LogP contribution in [0.1, 0.15) is 52.6 Å². The van der Waals surface area contributed by atoms with Crippen LogP contribution in [0.15, 0.2) is 131 Å². The molecule has 0 fully saturated rings. The highest BCUT2D eigenvalue weighted by Gasteiger charge is 2.44. The molecule has 0 saturated carbocycles. The fraction of sp³-hybridized carbons (Fsp3) is 0.0455. The molecule has 2 heterocycles. The molecule has 7 aromatic carbocycles. The van der Waals surface area contributed by atoms with Crippen molar-refractivity contribution in [3.05, 3.63) is 175 Å². The Morgan fingerprint density at radius 3 is 1.15 bits per heavy atom. The number of alkyl halides is 6. The lowest BCUT2D eigenvalue weighted by atomic mass is 9.94. The van der Waals surface area contributed by atoms with Crippen LogP contribution in [-0.4, -0.2) is 60.4 Å². The Kier molecular flexibility index (Phi) is 11.3. The summed E-state index contributed by atoms with van der Waals surface area (Å²) in [7, 11) is -11.0. The van der Waals surface area contributed by atoms with Crippen LogP contribution in [0, 0.1) is 20.2 Å². The molecule has 0 atom stereocenters. The minimum Gasteiger partial charge on any atom is -0.457 e. The van der Waals surface area contributed by atoms with Gasteiger partial charge in [0.2, 0.25) is 0 Å². The first kappa shape index (κ1) is 48.2. The first-order valence-electron chi connectivity index (χ1n) is 19.7. The number of carbonyl (C=O) groups is 4. The average molecular weight is 1040 g/mol. The van der Waals surface area contributed by atoms with E-state index in [0.29, 0.717) is 0 Å². The van der Waals surface area contributed by atoms with Crippen LogP contribution in [0.4, 0.5) is 37.7 Å². The average Bonchev–Trinajstić information content (AvgIpc) is 3.32. The van der Waals surface area contributed by atoms with Crippen LogP contribution in [0.5, 0.6) is 23.0 Å². The van der Waals surface area contributed by atoms with Crippen molar-refractivity contribution in [1.29, 1.82) is 0 Å². The van der Waals surface area contributed by atoms with Gasteiger partial charge >= 0.3 is 32.6 Å². The number of carbonyl (C=O) groups excluding carboxylic acids is 4. The van der Waals surface area contributed by atoms with Gasteiger partial charge in [0.1, 0.15) is 23.0 Å². The number of nitro groups is 2. The van der Waals surface area contributed by atoms with Crippen LogP contribution in [0.3, 0.4) is 0 Å². The largest absolute Gasteiger partial charge is 0.457 e. The van der Waals surface area contributed by atoms with Crippen molar-refractivity contribution in [2.24, 2.45) is 0 Å². The number of imide groups is 2. The predicted octanol–water partition coefficient (Wildman–Crippen LogP) is 9.26. The second-order valence-corrected chi connectivity index (χ2v) is 18.1. The van der Waals surface area contributed by atoms with E-state index < -0.39 is 98.4 Å². The summed E-state index contributed by atoms with van der Waals surface area (Å²) in [5, 5.41) is 23.0. The van der Waals surface area contributed by atoms with Gasteiger partial charge in [-0.2, -0.15) is 43.2 Å². The number of hydroxylamine groups is 4. The second kappa shape index (κ2) is 16.9. The summed E-state index contributed by atoms with van der Waals surface area (Å²) in [5.74, 6) is -5.29. The van der Waals surface area contributed by atoms with Crippen molar-refractivity contribution in [3.8, 4) is 23.0 Å². The molecule has 28 heteroatoms. The summed E-state index contributed by atoms with van der Waals surface area (Å²) in [4.78, 5) is 72.3. The van der Waals surface area contributed by atoms with E-state index >= 15 is 0 Å². The van der Waals surface area contributed by atoms with Gasteiger partial charge in [-0.25, -0.2) is 0 Å². The molecule has 366 valence electrons. The van der Waals surface area contributed by atoms with E-state index in [9.17, 15) is 82.6 Å². The van der Waals surface area contributed by atoms with Crippen LogP contribution < -0.4 is 9.47 Å². The summed E-state index contributed by atoms with van der Waals surface area (Å²) in [6, 6.07) is 19.4. The molecule has 0 bridgehead atoms. The van der Waals surface area contributed by atoms with E-state index in [0.717, 1.165) is 12.1 Å². The molecule has 0 aliphatic carbocycles. The summed E-state index contributed by atoms with van der Waals surface area (Å²) < 4.78 is 154. The van der Waals surface area contributed by atoms with Crippen molar-refractivity contribution in [3.63, 3.8) is 0 Å². The van der Waals surface area contributed by atoms with Gasteiger partial charge in [0, 0.05) is 39.7 Å². The third kappa shape index (κ3) is 8.31. The smallest absolute Gasteiger partial charge is 0.416 e. The lowest BCUT2D eigenvalue weighted by molar-refractivity contribution is -0.388. The summed E-state index contributed by atoms with van der Waals surface area (Å²) >= 11 is 0. The standard InChI is InChI=1S/C44H20F6N4O16S2/c45-43(46,47)21-10-16-35(31(18-21)53(59)60)71(63,64)69-51-39(55)27-8-2-6-25-33(14-12-29(37(25)27)41(51)57)67-23-4-1-5-24(20-23)68-34-15-13-30-38-26(34)7-3-9-28(38)40(56)52(42(30)58)70-72(65,66)36-17-11-22(44(48,49)50)19-32(36)54(61)62/h1-20H. The molecular weight excluding hydrogens is 1020 g/mol. The van der Waals surface area contributed by atoms with Gasteiger partial charge in [0.05, 0.1) is 43.2 Å². The Morgan fingerprint density at radius 1 is 0.458 bits per heavy atom. The van der Waals surface area contributed by atoms with E-state index in [1.54, 1.807) is 0 Å². The number of ether oxygens (including phenoxy) is 2. The number of nitro benzene ring substituents is 2. The van der Waals surface area contributed by atoms with Crippen LogP contribution in [0.25, 0.3) is 21.5 Å². The molecule has 72 heavy (non-hydrogen) atoms. The molecule has 4 amide bonds. The van der Waals surface area contributed by atoms with Gasteiger partial charge in [0.15, 0.2) is 9.79 Å². The molecule has 0 radical (unpaired) electrons. The fourth-order valence-corrected chi connectivity index (χ4v) is 9.71. The maximum absolute atomic E-state index is 13.7. The van der Waals surface area contributed by atoms with Crippen molar-refractivity contribution in [1.82, 2.24) is 10.1 Å². The quantitative estimate of drug-likeness (QED) is 0.0477. The molecule has 0 N–H and O–H groups in total. The number of benzene rings is 7. The minimum atomic E-state index is -5.52. The van der Waals surface area contributed by atoms with E-state index in [4.69, 9.17) is 18.0 Å². The van der Waals surface area contributed by atoms with Gasteiger partial charge in [-0.1, -0.05) is 30.3 Å². The van der Waals surface area contributed by atoms with Crippen LogP contribution >= 0.6 is 0 Å². The maximum Gasteiger partial charge on any atom is 0.416 e. The molecule has 7 aromatic rings. The SMILES string of the molecule is O=C1c2cccc3c(Oc4cccc(Oc5ccc6c7c(cccc57)C(=O)N(OS(=O)(=O)c5ccc(C(F)(F)F)cc5[N+](=O)[O-])C6=O)c4)ccc(c23)C(=O)N1OS(=O)(=O)c1ccc(C(F)(F)F)cc1[N+](=O)[O-]. The Bertz CT molecular complexity index is 3560. The van der Waals surface area contributed by atoms with E-state index in [2.05, 4.69) is 0 Å². The predicted molar refractivity (Wildman–Crippen MR) is 228 cm³/mol. The molecule has 0 unspecified atom stereocenters. The summed E-state index contributed by atoms with van der Waals surface area (Å²) in [6.07, 6.45) is -10.2. The molecule has 0 aromatic heterocycles. The first-order valence-corrected chi connectivity index (χ1v) is 22.5. The second-order valence-electron chi connectivity index (χ2n) is 15.1. The van der Waals surface area contributed by atoms with E-state index in [1.807, 2.05) is 0 Å². The maximum atomic E-state index is 13.7. The van der Waals surface area contributed by atoms with E-state index in [1.165, 1.54) is 72.8 Å². The number of amides is 4. The zero-order valence-electron chi connectivity index (χ0n) is 35.0. The summed E-state index contributed by atoms with van der Waals surface area (Å²) in [6.45, 7) is 0. The van der Waals surface area contributed by atoms with Gasteiger partial charge in [-0.3, -0.25) is 39.4 Å². The number of halogens is 6. The Balaban J connectivity index is 0.963. The van der Waals surface area contributed by atoms with Crippen molar-refractivity contribution >= 4 is 76.8 Å². The van der Waals surface area contributed by atoms with E-state index in [-0.39, 0.29) is 113 Å². The molecule has 0 spiro atoms. The molecule has 0 saturated heterocycles. The lowest BCUT2D eigenvalue weighted by Gasteiger charge is -2.26. The normalized spacial score (nSPS) is 14.0. The van der Waals surface area contributed by atoms with Gasteiger partial charge < -0.3 is 9.47 Å². The molecule has 9 rings (SSSR count). The lowest BCUT2D eigenvalue weighted by Crippen LogP contribution is -2.41. The summed E-state index contributed by atoms with van der Waals surface area (Å²) in [5.41, 5.74) is -7.49. The Hall–Kier alpha value is -8.86. The third-order valence-electron chi connectivity index (χ3n) is 10.8. The zero-order chi connectivity index (χ0) is 52.0. The highest BCUT2D eigenvalue weighted by atomic mass is 32.2. The van der Waals surface area contributed by atoms with Crippen LogP contribution in [0.2, 0.25) is 0 Å². The van der Waals surface area contributed by atoms with Crippen molar-refractivity contribution < 1.29 is 90.2 Å². The van der Waals surface area contributed by atoms with Gasteiger partial charge in [0.25, 0.3) is 35.0 Å². The third-order valence-corrected chi connectivity index (χ3v) is 13.2.